The Labute approximate surface area is 105 Å². The molecule has 1 atom stereocenters. The van der Waals surface area contributed by atoms with Crippen molar-refractivity contribution in [3.05, 3.63) is 12.2 Å². The standard InChI is InChI=1S/C14H26O3/c1-2-3-4-5-6-7-8-9-10-11-13(15)12-14(16)17/h2-3,13,15H,4-12H2,1H3,(H,16,17). The molecule has 0 aliphatic heterocycles. The van der Waals surface area contributed by atoms with Crippen molar-refractivity contribution >= 4 is 5.97 Å². The van der Waals surface area contributed by atoms with Crippen LogP contribution in [0.5, 0.6) is 0 Å². The molecule has 0 aromatic carbocycles. The number of allylic oxidation sites excluding steroid dienone is 2. The number of rotatable bonds is 11. The quantitative estimate of drug-likeness (QED) is 0.430. The summed E-state index contributed by atoms with van der Waals surface area (Å²) in [5, 5.41) is 17.8. The van der Waals surface area contributed by atoms with Crippen LogP contribution in [-0.2, 0) is 4.79 Å². The van der Waals surface area contributed by atoms with Gasteiger partial charge in [0, 0.05) is 0 Å². The summed E-state index contributed by atoms with van der Waals surface area (Å²) >= 11 is 0. The van der Waals surface area contributed by atoms with Crippen LogP contribution in [0.2, 0.25) is 0 Å². The van der Waals surface area contributed by atoms with E-state index in [0.29, 0.717) is 6.42 Å². The number of hydrogen-bond donors (Lipinski definition) is 2. The molecule has 0 spiro atoms. The third kappa shape index (κ3) is 13.1. The molecule has 0 rings (SSSR count). The van der Waals surface area contributed by atoms with E-state index >= 15 is 0 Å². The molecule has 0 aromatic heterocycles. The maximum atomic E-state index is 10.3. The number of carboxylic acid groups (broad SMARTS) is 1. The Morgan fingerprint density at radius 1 is 1.12 bits per heavy atom. The van der Waals surface area contributed by atoms with E-state index in [1.54, 1.807) is 0 Å². The third-order valence-electron chi connectivity index (χ3n) is 2.80. The fourth-order valence-electron chi connectivity index (χ4n) is 1.82. The first kappa shape index (κ1) is 16.2. The number of carbonyl (C=O) groups is 1. The van der Waals surface area contributed by atoms with E-state index in [0.717, 1.165) is 12.8 Å². The van der Waals surface area contributed by atoms with Gasteiger partial charge in [-0.1, -0.05) is 44.3 Å². The van der Waals surface area contributed by atoms with E-state index in [9.17, 15) is 9.90 Å². The van der Waals surface area contributed by atoms with Crippen LogP contribution in [0.25, 0.3) is 0 Å². The zero-order valence-corrected chi connectivity index (χ0v) is 10.9. The Bertz CT molecular complexity index is 212. The third-order valence-corrected chi connectivity index (χ3v) is 2.80. The molecule has 0 saturated carbocycles. The molecular weight excluding hydrogens is 216 g/mol. The summed E-state index contributed by atoms with van der Waals surface area (Å²) in [6.07, 6.45) is 12.3. The Balaban J connectivity index is 3.15. The van der Waals surface area contributed by atoms with Gasteiger partial charge in [-0.3, -0.25) is 4.79 Å². The number of aliphatic hydroxyl groups is 1. The van der Waals surface area contributed by atoms with Gasteiger partial charge in [0.25, 0.3) is 0 Å². The number of aliphatic hydroxyl groups excluding tert-OH is 1. The van der Waals surface area contributed by atoms with Crippen molar-refractivity contribution in [2.24, 2.45) is 0 Å². The van der Waals surface area contributed by atoms with Crippen molar-refractivity contribution in [2.45, 2.75) is 70.8 Å². The molecule has 3 nitrogen and oxygen atoms in total. The van der Waals surface area contributed by atoms with Crippen LogP contribution < -0.4 is 0 Å². The van der Waals surface area contributed by atoms with Crippen molar-refractivity contribution in [2.75, 3.05) is 0 Å². The average molecular weight is 242 g/mol. The minimum absolute atomic E-state index is 0.122. The van der Waals surface area contributed by atoms with Gasteiger partial charge in [0.1, 0.15) is 0 Å². The lowest BCUT2D eigenvalue weighted by Gasteiger charge is -2.07. The number of hydrogen-bond acceptors (Lipinski definition) is 2. The molecule has 100 valence electrons. The van der Waals surface area contributed by atoms with Gasteiger partial charge in [0.15, 0.2) is 0 Å². The highest BCUT2D eigenvalue weighted by Crippen LogP contribution is 2.11. The SMILES string of the molecule is CC=CCCCCCCCCC(O)CC(=O)O. The van der Waals surface area contributed by atoms with E-state index in [2.05, 4.69) is 12.2 Å². The van der Waals surface area contributed by atoms with E-state index in [4.69, 9.17) is 5.11 Å². The largest absolute Gasteiger partial charge is 0.481 e. The molecule has 0 aliphatic rings. The summed E-state index contributed by atoms with van der Waals surface area (Å²) in [6, 6.07) is 0. The summed E-state index contributed by atoms with van der Waals surface area (Å²) in [5.74, 6) is -0.915. The Morgan fingerprint density at radius 2 is 1.71 bits per heavy atom. The van der Waals surface area contributed by atoms with Crippen LogP contribution in [0.1, 0.15) is 64.7 Å². The molecule has 0 amide bonds. The highest BCUT2D eigenvalue weighted by atomic mass is 16.4. The van der Waals surface area contributed by atoms with Gasteiger partial charge in [-0.25, -0.2) is 0 Å². The predicted molar refractivity (Wildman–Crippen MR) is 70.0 cm³/mol. The monoisotopic (exact) mass is 242 g/mol. The highest BCUT2D eigenvalue weighted by Gasteiger charge is 2.08. The van der Waals surface area contributed by atoms with Gasteiger partial charge < -0.3 is 10.2 Å². The summed E-state index contributed by atoms with van der Waals surface area (Å²) in [4.78, 5) is 10.3. The number of carboxylic acids is 1. The Morgan fingerprint density at radius 3 is 2.29 bits per heavy atom. The van der Waals surface area contributed by atoms with Crippen molar-refractivity contribution < 1.29 is 15.0 Å². The fraction of sp³-hybridized carbons (Fsp3) is 0.786. The molecule has 0 radical (unpaired) electrons. The molecule has 0 aliphatic carbocycles. The number of unbranched alkanes of at least 4 members (excludes halogenated alkanes) is 6. The molecule has 0 fully saturated rings. The van der Waals surface area contributed by atoms with E-state index in [1.165, 1.54) is 32.1 Å². The smallest absolute Gasteiger partial charge is 0.305 e. The lowest BCUT2D eigenvalue weighted by molar-refractivity contribution is -0.139. The Kier molecular flexibility index (Phi) is 11.1. The lowest BCUT2D eigenvalue weighted by Crippen LogP contribution is -2.12. The van der Waals surface area contributed by atoms with Gasteiger partial charge in [0.2, 0.25) is 0 Å². The zero-order valence-electron chi connectivity index (χ0n) is 10.9. The first-order chi connectivity index (χ1) is 8.16. The normalized spacial score (nSPS) is 13.1. The second kappa shape index (κ2) is 11.6. The second-order valence-corrected chi connectivity index (χ2v) is 4.52. The summed E-state index contributed by atoms with van der Waals surface area (Å²) in [5.41, 5.74) is 0. The maximum Gasteiger partial charge on any atom is 0.305 e. The fourth-order valence-corrected chi connectivity index (χ4v) is 1.82. The highest BCUT2D eigenvalue weighted by molar-refractivity contribution is 5.67. The lowest BCUT2D eigenvalue weighted by atomic mass is 10.0. The van der Waals surface area contributed by atoms with Gasteiger partial charge in [-0.05, 0) is 26.2 Å². The first-order valence-electron chi connectivity index (χ1n) is 6.67. The van der Waals surface area contributed by atoms with Gasteiger partial charge in [-0.2, -0.15) is 0 Å². The first-order valence-corrected chi connectivity index (χ1v) is 6.67. The molecular formula is C14H26O3. The predicted octanol–water partition coefficient (Wildman–Crippen LogP) is 3.52. The van der Waals surface area contributed by atoms with Crippen molar-refractivity contribution in [1.29, 1.82) is 0 Å². The Hall–Kier alpha value is -0.830. The van der Waals surface area contributed by atoms with E-state index in [1.807, 2.05) is 6.92 Å². The molecule has 0 heterocycles. The topological polar surface area (TPSA) is 57.5 Å². The molecule has 0 saturated heterocycles. The number of aliphatic carboxylic acids is 1. The average Bonchev–Trinajstić information content (AvgIpc) is 2.26. The van der Waals surface area contributed by atoms with E-state index < -0.39 is 12.1 Å². The van der Waals surface area contributed by atoms with Crippen LogP contribution in [0.4, 0.5) is 0 Å². The van der Waals surface area contributed by atoms with Crippen molar-refractivity contribution in [1.82, 2.24) is 0 Å². The summed E-state index contributed by atoms with van der Waals surface area (Å²) in [7, 11) is 0. The minimum atomic E-state index is -0.915. The molecule has 17 heavy (non-hydrogen) atoms. The van der Waals surface area contributed by atoms with Gasteiger partial charge in [-0.15, -0.1) is 0 Å². The van der Waals surface area contributed by atoms with Crippen LogP contribution in [-0.4, -0.2) is 22.3 Å². The minimum Gasteiger partial charge on any atom is -0.481 e. The van der Waals surface area contributed by atoms with Crippen molar-refractivity contribution in [3.8, 4) is 0 Å². The van der Waals surface area contributed by atoms with Crippen LogP contribution in [0.15, 0.2) is 12.2 Å². The van der Waals surface area contributed by atoms with Gasteiger partial charge >= 0.3 is 5.97 Å². The molecule has 2 N–H and O–H groups in total. The van der Waals surface area contributed by atoms with Crippen LogP contribution in [0, 0.1) is 0 Å². The summed E-state index contributed by atoms with van der Waals surface area (Å²) < 4.78 is 0. The molecule has 0 bridgehead atoms. The summed E-state index contributed by atoms with van der Waals surface area (Å²) in [6.45, 7) is 2.04. The molecule has 0 aromatic rings. The molecule has 1 unspecified atom stereocenters. The molecule has 3 heteroatoms. The van der Waals surface area contributed by atoms with Crippen LogP contribution in [0.3, 0.4) is 0 Å². The zero-order chi connectivity index (χ0) is 12.9. The second-order valence-electron chi connectivity index (χ2n) is 4.52. The maximum absolute atomic E-state index is 10.3. The van der Waals surface area contributed by atoms with Crippen molar-refractivity contribution in [3.63, 3.8) is 0 Å². The van der Waals surface area contributed by atoms with Crippen LogP contribution >= 0.6 is 0 Å². The van der Waals surface area contributed by atoms with E-state index in [-0.39, 0.29) is 6.42 Å². The van der Waals surface area contributed by atoms with Gasteiger partial charge in [0.05, 0.1) is 12.5 Å².